The summed E-state index contributed by atoms with van der Waals surface area (Å²) < 4.78 is 13.7. The van der Waals surface area contributed by atoms with E-state index in [4.69, 9.17) is 9.47 Å². The van der Waals surface area contributed by atoms with Gasteiger partial charge >= 0.3 is 0 Å². The zero-order valence-corrected chi connectivity index (χ0v) is 59.4. The van der Waals surface area contributed by atoms with Crippen LogP contribution in [0.2, 0.25) is 0 Å². The van der Waals surface area contributed by atoms with Crippen molar-refractivity contribution in [3.05, 3.63) is 304 Å². The topological polar surface area (TPSA) is 76.7 Å². The lowest BCUT2D eigenvalue weighted by Gasteiger charge is -2.41. The second kappa shape index (κ2) is 29.3. The molecular formula is C95H94N2O4. The second-order valence-corrected chi connectivity index (χ2v) is 29.8. The Bertz CT molecular complexity index is 4770. The van der Waals surface area contributed by atoms with Gasteiger partial charge in [-0.1, -0.05) is 249 Å². The number of carbonyl (C=O) groups is 2. The zero-order valence-electron chi connectivity index (χ0n) is 59.4. The zero-order chi connectivity index (χ0) is 69.0. The van der Waals surface area contributed by atoms with E-state index in [9.17, 15) is 9.59 Å². The van der Waals surface area contributed by atoms with Gasteiger partial charge in [0.1, 0.15) is 11.5 Å². The van der Waals surface area contributed by atoms with Crippen molar-refractivity contribution in [1.82, 2.24) is 0 Å². The molecule has 2 N–H and O–H groups in total. The summed E-state index contributed by atoms with van der Waals surface area (Å²) >= 11 is 0. The number of rotatable bonds is 21. The summed E-state index contributed by atoms with van der Waals surface area (Å²) in [5, 5.41) is 8.50. The minimum absolute atomic E-state index is 0.150. The van der Waals surface area contributed by atoms with Gasteiger partial charge in [0.05, 0.1) is 7.11 Å². The van der Waals surface area contributed by atoms with Crippen molar-refractivity contribution in [1.29, 1.82) is 0 Å². The number of hydrogen-bond acceptors (Lipinski definition) is 4. The summed E-state index contributed by atoms with van der Waals surface area (Å²) in [5.74, 6) is 4.33. The van der Waals surface area contributed by atoms with Gasteiger partial charge in [0.2, 0.25) is 0 Å². The molecule has 1 unspecified atom stereocenters. The van der Waals surface area contributed by atoms with E-state index in [2.05, 4.69) is 226 Å². The average Bonchev–Trinajstić information content (AvgIpc) is 1.54. The van der Waals surface area contributed by atoms with Crippen LogP contribution in [0.4, 0.5) is 11.4 Å². The number of unbranched alkanes of at least 4 members (excludes halogenated alkanes) is 4. The Morgan fingerprint density at radius 1 is 0.446 bits per heavy atom. The third-order valence-electron chi connectivity index (χ3n) is 23.1. The molecule has 4 aliphatic rings. The second-order valence-electron chi connectivity index (χ2n) is 29.8. The Kier molecular flexibility index (Phi) is 19.4. The quantitative estimate of drug-likeness (QED) is 0.0703. The first kappa shape index (κ1) is 66.8. The summed E-state index contributed by atoms with van der Waals surface area (Å²) in [6, 6.07) is 85.2. The molecule has 2 amide bonds. The molecule has 11 aromatic carbocycles. The fourth-order valence-electron chi connectivity index (χ4n) is 17.3. The van der Waals surface area contributed by atoms with Crippen molar-refractivity contribution >= 4 is 39.5 Å². The summed E-state index contributed by atoms with van der Waals surface area (Å²) in [6.45, 7) is 9.28. The number of amides is 2. The normalized spacial score (nSPS) is 18.9. The van der Waals surface area contributed by atoms with Crippen LogP contribution in [0.1, 0.15) is 207 Å². The lowest BCUT2D eigenvalue weighted by atomic mass is 9.73. The highest BCUT2D eigenvalue weighted by Crippen LogP contribution is 2.61. The Morgan fingerprint density at radius 2 is 0.891 bits per heavy atom. The van der Waals surface area contributed by atoms with E-state index >= 15 is 0 Å². The SMILES string of the molecule is CCCCC[C@H]1CC[C@H](c2ccc(-c3ccc(C(=O)Nc4ccc(C5=CC(c6ccccc6)(c6ccc(OC)cc6)Oc6c5c5c(c7cc(-c8ccc(NC(=O)c9ccc(-c%10ccc([C@H]%11CC[C@H](CCCCC)CC%11)cc%10)cc9)cc8)ccc67)-c6ccccc6C5(C)C)cc4)cc3)cc2)CC1. The van der Waals surface area contributed by atoms with E-state index in [0.29, 0.717) is 28.7 Å². The van der Waals surface area contributed by atoms with Crippen LogP contribution in [0.15, 0.2) is 249 Å². The fourth-order valence-corrected chi connectivity index (χ4v) is 17.3. The number of anilines is 2. The smallest absolute Gasteiger partial charge is 0.255 e. The van der Waals surface area contributed by atoms with Gasteiger partial charge in [-0.25, -0.2) is 0 Å². The first-order valence-corrected chi connectivity index (χ1v) is 37.6. The molecule has 3 aliphatic carbocycles. The Balaban J connectivity index is 0.712. The largest absolute Gasteiger partial charge is 0.497 e. The highest BCUT2D eigenvalue weighted by atomic mass is 16.5. The molecule has 0 aromatic heterocycles. The van der Waals surface area contributed by atoms with Crippen LogP contribution in [-0.2, 0) is 11.0 Å². The molecule has 0 saturated heterocycles. The Labute approximate surface area is 598 Å². The molecule has 2 saturated carbocycles. The maximum absolute atomic E-state index is 14.2. The molecule has 101 heavy (non-hydrogen) atoms. The number of methoxy groups -OCH3 is 1. The van der Waals surface area contributed by atoms with E-state index in [0.717, 1.165) is 95.4 Å². The molecule has 6 nitrogen and oxygen atoms in total. The number of fused-ring (bicyclic) bond motifs is 8. The van der Waals surface area contributed by atoms with E-state index in [1.54, 1.807) is 7.11 Å². The maximum atomic E-state index is 14.2. The summed E-state index contributed by atoms with van der Waals surface area (Å²) in [5.41, 5.74) is 20.4. The molecular weight excluding hydrogens is 1230 g/mol. The minimum atomic E-state index is -1.10. The Hall–Kier alpha value is -10.0. The third-order valence-corrected chi connectivity index (χ3v) is 23.1. The molecule has 0 radical (unpaired) electrons. The van der Waals surface area contributed by atoms with Crippen LogP contribution in [-0.4, -0.2) is 18.9 Å². The van der Waals surface area contributed by atoms with Crippen LogP contribution < -0.4 is 20.1 Å². The number of carbonyl (C=O) groups excluding carboxylic acids is 2. The molecule has 1 aliphatic heterocycles. The molecule has 15 rings (SSSR count). The van der Waals surface area contributed by atoms with Crippen LogP contribution in [0.5, 0.6) is 11.5 Å². The van der Waals surface area contributed by atoms with E-state index in [1.807, 2.05) is 60.7 Å². The number of nitrogens with one attached hydrogen (secondary N) is 2. The third kappa shape index (κ3) is 13.6. The predicted molar refractivity (Wildman–Crippen MR) is 419 cm³/mol. The Morgan fingerprint density at radius 3 is 1.40 bits per heavy atom. The lowest BCUT2D eigenvalue weighted by Crippen LogP contribution is -2.36. The van der Waals surface area contributed by atoms with E-state index in [-0.39, 0.29) is 11.8 Å². The first-order valence-electron chi connectivity index (χ1n) is 37.6. The molecule has 0 spiro atoms. The summed E-state index contributed by atoms with van der Waals surface area (Å²) in [7, 11) is 1.70. The van der Waals surface area contributed by atoms with Crippen molar-refractivity contribution in [2.45, 2.75) is 153 Å². The van der Waals surface area contributed by atoms with Gasteiger partial charge in [0.15, 0.2) is 5.60 Å². The maximum Gasteiger partial charge on any atom is 0.255 e. The van der Waals surface area contributed by atoms with Crippen molar-refractivity contribution in [3.8, 4) is 56.0 Å². The van der Waals surface area contributed by atoms with Gasteiger partial charge in [-0.3, -0.25) is 9.59 Å². The predicted octanol–water partition coefficient (Wildman–Crippen LogP) is 25.1. The van der Waals surface area contributed by atoms with Gasteiger partial charge < -0.3 is 20.1 Å². The summed E-state index contributed by atoms with van der Waals surface area (Å²) in [6.07, 6.45) is 23.7. The van der Waals surface area contributed by atoms with E-state index < -0.39 is 11.0 Å². The van der Waals surface area contributed by atoms with Crippen molar-refractivity contribution in [2.24, 2.45) is 11.8 Å². The molecule has 11 aromatic rings. The molecule has 508 valence electrons. The summed E-state index contributed by atoms with van der Waals surface area (Å²) in [4.78, 5) is 28.0. The van der Waals surface area contributed by atoms with Gasteiger partial charge in [-0.15, -0.1) is 0 Å². The van der Waals surface area contributed by atoms with Crippen molar-refractivity contribution in [2.75, 3.05) is 17.7 Å². The first-order chi connectivity index (χ1) is 49.4. The monoisotopic (exact) mass is 1330 g/mol. The molecule has 1 heterocycles. The van der Waals surface area contributed by atoms with Crippen molar-refractivity contribution < 1.29 is 19.1 Å². The molecule has 6 heteroatoms. The average molecular weight is 1330 g/mol. The van der Waals surface area contributed by atoms with E-state index in [1.165, 1.54) is 142 Å². The van der Waals surface area contributed by atoms with Crippen LogP contribution in [0, 0.1) is 11.8 Å². The number of benzene rings is 11. The van der Waals surface area contributed by atoms with Crippen LogP contribution in [0.25, 0.3) is 60.9 Å². The van der Waals surface area contributed by atoms with Gasteiger partial charge in [-0.2, -0.15) is 0 Å². The van der Waals surface area contributed by atoms with Crippen LogP contribution in [0.3, 0.4) is 0 Å². The fraction of sp³-hybridized carbons (Fsp3) is 0.284. The lowest BCUT2D eigenvalue weighted by molar-refractivity contribution is 0.101. The number of ether oxygens (including phenoxy) is 2. The van der Waals surface area contributed by atoms with Gasteiger partial charge in [0, 0.05) is 50.0 Å². The minimum Gasteiger partial charge on any atom is -0.497 e. The highest BCUT2D eigenvalue weighted by Gasteiger charge is 2.47. The number of hydrogen-bond donors (Lipinski definition) is 2. The molecule has 2 fully saturated rings. The van der Waals surface area contributed by atoms with Crippen LogP contribution >= 0.6 is 0 Å². The van der Waals surface area contributed by atoms with Gasteiger partial charge in [-0.05, 0) is 237 Å². The van der Waals surface area contributed by atoms with Crippen molar-refractivity contribution in [3.63, 3.8) is 0 Å². The molecule has 0 bridgehead atoms. The molecule has 1 atom stereocenters. The highest BCUT2D eigenvalue weighted by molar-refractivity contribution is 6.12. The van der Waals surface area contributed by atoms with Gasteiger partial charge in [0.25, 0.3) is 11.8 Å². The standard InChI is InChI=1S/C95H94N2O4/c1-6-8-11-17-63-23-27-65(28-24-63)67-31-35-69(36-32-67)71-39-43-75(44-40-71)92(98)96-80-54-47-73(48-55-80)77-51-60-83-85(61-77)88-84-21-15-16-22-87(84)94(3,4)90(88)89-86(62-95(101-91(83)89,78-19-13-10-14-20-78)79-52-58-82(100-5)59-53-79)74-49-56-81(57-50-74)97-93(99)76-45-41-72(42-46-76)70-37-33-68(34-38-70)66-29-25-64(26-30-66)18-12-9-7-2/h10,13-16,19-22,31-66H,6-9,11-12,17-18,23-30H2,1-5H3,(H,96,98)(H,97,99)/t63-,64-,65-,66-,95?.